The highest BCUT2D eigenvalue weighted by atomic mass is 32.1. The van der Waals surface area contributed by atoms with E-state index in [0.717, 1.165) is 29.8 Å². The van der Waals surface area contributed by atoms with Gasteiger partial charge in [0.05, 0.1) is 5.56 Å². The number of nitrogens with one attached hydrogen (secondary N) is 2. The van der Waals surface area contributed by atoms with E-state index >= 15 is 0 Å². The molecule has 0 saturated heterocycles. The number of alkyl halides is 3. The first-order valence-electron chi connectivity index (χ1n) is 8.68. The minimum atomic E-state index is -4.48. The molecule has 1 unspecified atom stereocenters. The second-order valence-electron chi connectivity index (χ2n) is 6.20. The van der Waals surface area contributed by atoms with E-state index in [-0.39, 0.29) is 12.1 Å². The van der Waals surface area contributed by atoms with Crippen LogP contribution in [0.25, 0.3) is 0 Å². The van der Waals surface area contributed by atoms with Gasteiger partial charge in [-0.3, -0.25) is 9.59 Å². The van der Waals surface area contributed by atoms with E-state index in [9.17, 15) is 22.8 Å². The molecule has 0 aliphatic rings. The van der Waals surface area contributed by atoms with Gasteiger partial charge in [-0.2, -0.15) is 13.2 Å². The van der Waals surface area contributed by atoms with E-state index in [1.165, 1.54) is 11.3 Å². The Morgan fingerprint density at radius 3 is 2.21 bits per heavy atom. The molecule has 0 radical (unpaired) electrons. The van der Waals surface area contributed by atoms with Gasteiger partial charge < -0.3 is 10.6 Å². The molecule has 2 aromatic carbocycles. The molecule has 0 saturated carbocycles. The van der Waals surface area contributed by atoms with Crippen molar-refractivity contribution in [3.05, 3.63) is 93.7 Å². The number of benzene rings is 2. The zero-order chi connectivity index (χ0) is 20.9. The van der Waals surface area contributed by atoms with Gasteiger partial charge in [-0.05, 0) is 41.3 Å². The van der Waals surface area contributed by atoms with Gasteiger partial charge >= 0.3 is 6.18 Å². The topological polar surface area (TPSA) is 58.2 Å². The largest absolute Gasteiger partial charge is 0.416 e. The highest BCUT2D eigenvalue weighted by Crippen LogP contribution is 2.29. The zero-order valence-corrected chi connectivity index (χ0v) is 15.9. The van der Waals surface area contributed by atoms with E-state index in [1.807, 2.05) is 30.3 Å². The fourth-order valence-corrected chi connectivity index (χ4v) is 3.41. The number of rotatable bonds is 6. The van der Waals surface area contributed by atoms with Crippen LogP contribution in [0.5, 0.6) is 0 Å². The molecule has 2 amide bonds. The first-order valence-corrected chi connectivity index (χ1v) is 9.56. The molecular weight excluding hydrogens is 401 g/mol. The molecular formula is C21H17F3N2O2S. The summed E-state index contributed by atoms with van der Waals surface area (Å²) < 4.78 is 38.1. The summed E-state index contributed by atoms with van der Waals surface area (Å²) in [5, 5.41) is 7.16. The van der Waals surface area contributed by atoms with Gasteiger partial charge in [0, 0.05) is 17.0 Å². The maximum absolute atomic E-state index is 12.7. The molecule has 3 rings (SSSR count). The van der Waals surface area contributed by atoms with Crippen LogP contribution in [0.15, 0.2) is 72.1 Å². The van der Waals surface area contributed by atoms with Crippen LogP contribution in [-0.2, 0) is 17.5 Å². The Morgan fingerprint density at radius 1 is 0.931 bits per heavy atom. The maximum atomic E-state index is 12.7. The summed E-state index contributed by atoms with van der Waals surface area (Å²) in [7, 11) is 0. The van der Waals surface area contributed by atoms with Crippen molar-refractivity contribution in [3.63, 3.8) is 0 Å². The molecule has 1 aromatic heterocycles. The summed E-state index contributed by atoms with van der Waals surface area (Å²) in [4.78, 5) is 25.8. The van der Waals surface area contributed by atoms with Gasteiger partial charge in [-0.25, -0.2) is 0 Å². The molecule has 0 aliphatic heterocycles. The van der Waals surface area contributed by atoms with Crippen molar-refractivity contribution in [2.45, 2.75) is 18.8 Å². The summed E-state index contributed by atoms with van der Waals surface area (Å²) in [6, 6.07) is 15.7. The van der Waals surface area contributed by atoms with Crippen LogP contribution in [-0.4, -0.2) is 11.8 Å². The Kier molecular flexibility index (Phi) is 6.33. The smallest absolute Gasteiger partial charge is 0.350 e. The monoisotopic (exact) mass is 418 g/mol. The first kappa shape index (κ1) is 20.6. The van der Waals surface area contributed by atoms with Crippen LogP contribution < -0.4 is 10.6 Å². The minimum Gasteiger partial charge on any atom is -0.350 e. The number of carbonyl (C=O) groups excluding carboxylic acids is 2. The average Bonchev–Trinajstić information content (AvgIpc) is 3.25. The standard InChI is InChI=1S/C21H17F3N2O2S/c22-21(23,24)16-10-8-15(9-11-16)19(27)26-18(17-7-4-12-29-17)20(28)25-13-14-5-2-1-3-6-14/h1-12,18H,13H2,(H,25,28)(H,26,27). The van der Waals surface area contributed by atoms with Crippen LogP contribution in [0.3, 0.4) is 0 Å². The Hall–Kier alpha value is -3.13. The van der Waals surface area contributed by atoms with Crippen molar-refractivity contribution in [1.29, 1.82) is 0 Å². The van der Waals surface area contributed by atoms with Crippen LogP contribution in [0.4, 0.5) is 13.2 Å². The Bertz CT molecular complexity index is 956. The number of amides is 2. The fraction of sp³-hybridized carbons (Fsp3) is 0.143. The third kappa shape index (κ3) is 5.45. The number of hydrogen-bond donors (Lipinski definition) is 2. The van der Waals surface area contributed by atoms with Crippen LogP contribution in [0.1, 0.15) is 32.4 Å². The minimum absolute atomic E-state index is 0.0374. The summed E-state index contributed by atoms with van der Waals surface area (Å²) >= 11 is 1.30. The molecule has 8 heteroatoms. The first-order chi connectivity index (χ1) is 13.8. The zero-order valence-electron chi connectivity index (χ0n) is 15.1. The molecule has 29 heavy (non-hydrogen) atoms. The summed E-state index contributed by atoms with van der Waals surface area (Å²) in [5.74, 6) is -1.04. The Balaban J connectivity index is 1.72. The van der Waals surface area contributed by atoms with Crippen molar-refractivity contribution in [2.24, 2.45) is 0 Å². The third-order valence-corrected chi connectivity index (χ3v) is 5.09. The van der Waals surface area contributed by atoms with Crippen molar-refractivity contribution in [3.8, 4) is 0 Å². The lowest BCUT2D eigenvalue weighted by atomic mass is 10.1. The van der Waals surface area contributed by atoms with E-state index < -0.39 is 29.6 Å². The van der Waals surface area contributed by atoms with Crippen molar-refractivity contribution in [2.75, 3.05) is 0 Å². The summed E-state index contributed by atoms with van der Waals surface area (Å²) in [5.41, 5.74) is 0.0970. The predicted molar refractivity (Wildman–Crippen MR) is 104 cm³/mol. The SMILES string of the molecule is O=C(NC(C(=O)NCc1ccccc1)c1cccs1)c1ccc(C(F)(F)F)cc1. The molecule has 0 aliphatic carbocycles. The number of halogens is 3. The summed E-state index contributed by atoms with van der Waals surface area (Å²) in [6.07, 6.45) is -4.48. The molecule has 150 valence electrons. The molecule has 0 bridgehead atoms. The molecule has 2 N–H and O–H groups in total. The van der Waals surface area contributed by atoms with E-state index in [4.69, 9.17) is 0 Å². The molecule has 3 aromatic rings. The van der Waals surface area contributed by atoms with Gasteiger partial charge in [0.1, 0.15) is 6.04 Å². The molecule has 0 fully saturated rings. The van der Waals surface area contributed by atoms with Gasteiger partial charge in [0.2, 0.25) is 5.91 Å². The Labute approximate surface area is 169 Å². The molecule has 4 nitrogen and oxygen atoms in total. The lowest BCUT2D eigenvalue weighted by Crippen LogP contribution is -2.39. The highest BCUT2D eigenvalue weighted by molar-refractivity contribution is 7.10. The van der Waals surface area contributed by atoms with Gasteiger partial charge in [-0.1, -0.05) is 36.4 Å². The van der Waals surface area contributed by atoms with Crippen molar-refractivity contribution < 1.29 is 22.8 Å². The third-order valence-electron chi connectivity index (χ3n) is 4.15. The Morgan fingerprint density at radius 2 is 1.62 bits per heavy atom. The quantitative estimate of drug-likeness (QED) is 0.617. The number of thiophene rings is 1. The fourth-order valence-electron chi connectivity index (χ4n) is 2.63. The number of carbonyl (C=O) groups is 2. The molecule has 0 spiro atoms. The number of hydrogen-bond acceptors (Lipinski definition) is 3. The van der Waals surface area contributed by atoms with Crippen molar-refractivity contribution in [1.82, 2.24) is 10.6 Å². The van der Waals surface area contributed by atoms with Crippen molar-refractivity contribution >= 4 is 23.2 Å². The van der Waals surface area contributed by atoms with Crippen LogP contribution in [0.2, 0.25) is 0 Å². The van der Waals surface area contributed by atoms with Gasteiger partial charge in [0.25, 0.3) is 5.91 Å². The lowest BCUT2D eigenvalue weighted by Gasteiger charge is -2.18. The van der Waals surface area contributed by atoms with Crippen LogP contribution >= 0.6 is 11.3 Å². The van der Waals surface area contributed by atoms with Gasteiger partial charge in [-0.15, -0.1) is 11.3 Å². The highest BCUT2D eigenvalue weighted by Gasteiger charge is 2.30. The predicted octanol–water partition coefficient (Wildman–Crippen LogP) is 4.55. The lowest BCUT2D eigenvalue weighted by molar-refractivity contribution is -0.137. The second-order valence-corrected chi connectivity index (χ2v) is 7.18. The second kappa shape index (κ2) is 8.91. The maximum Gasteiger partial charge on any atom is 0.416 e. The molecule has 1 atom stereocenters. The average molecular weight is 418 g/mol. The summed E-state index contributed by atoms with van der Waals surface area (Å²) in [6.45, 7) is 0.289. The molecule has 1 heterocycles. The van der Waals surface area contributed by atoms with Gasteiger partial charge in [0.15, 0.2) is 0 Å². The normalized spacial score (nSPS) is 12.2. The van der Waals surface area contributed by atoms with E-state index in [2.05, 4.69) is 10.6 Å². The van der Waals surface area contributed by atoms with E-state index in [0.29, 0.717) is 4.88 Å². The van der Waals surface area contributed by atoms with Crippen LogP contribution in [0, 0.1) is 0 Å². The van der Waals surface area contributed by atoms with E-state index in [1.54, 1.807) is 17.5 Å².